The first-order valence-electron chi connectivity index (χ1n) is 10.4. The third-order valence-electron chi connectivity index (χ3n) is 4.82. The third kappa shape index (κ3) is 7.38. The molecule has 0 fully saturated rings. The van der Waals surface area contributed by atoms with Crippen molar-refractivity contribution in [2.24, 2.45) is 0 Å². The first-order chi connectivity index (χ1) is 16.3. The zero-order valence-electron chi connectivity index (χ0n) is 18.3. The van der Waals surface area contributed by atoms with E-state index in [-0.39, 0.29) is 13.0 Å². The number of amides is 2. The zero-order chi connectivity index (χ0) is 24.5. The van der Waals surface area contributed by atoms with E-state index in [1.165, 1.54) is 6.92 Å². The lowest BCUT2D eigenvalue weighted by Crippen LogP contribution is -2.51. The van der Waals surface area contributed by atoms with E-state index >= 15 is 0 Å². The number of aromatic nitrogens is 2. The van der Waals surface area contributed by atoms with Gasteiger partial charge in [0.05, 0.1) is 4.47 Å². The van der Waals surface area contributed by atoms with Crippen LogP contribution < -0.4 is 10.6 Å². The van der Waals surface area contributed by atoms with Crippen LogP contribution in [0, 0.1) is 0 Å². The Bertz CT molecular complexity index is 1120. The lowest BCUT2D eigenvalue weighted by Gasteiger charge is -2.20. The highest BCUT2D eigenvalue weighted by Crippen LogP contribution is 2.17. The first-order valence-corrected chi connectivity index (χ1v) is 11.2. The van der Waals surface area contributed by atoms with Gasteiger partial charge in [0.1, 0.15) is 18.7 Å². The standard InChI is InChI=1S/C24H23BrN4O5/c1-15(23(31)32)28-22(30)20(29-24(33)34-14-17-5-3-2-4-6-17)11-16-7-9-18(10-8-16)21-26-12-19(25)13-27-21/h2-10,12-13,15,20H,11,14H2,1H3,(H,28,30)(H,29,33)(H,31,32)/t15-,20+/m1/s1. The molecule has 0 aliphatic rings. The van der Waals surface area contributed by atoms with Gasteiger partial charge in [-0.25, -0.2) is 14.8 Å². The quantitative estimate of drug-likeness (QED) is 0.389. The number of ether oxygens (including phenoxy) is 1. The van der Waals surface area contributed by atoms with Crippen LogP contribution in [0.1, 0.15) is 18.1 Å². The second-order valence-corrected chi connectivity index (χ2v) is 8.37. The average Bonchev–Trinajstić information content (AvgIpc) is 2.84. The van der Waals surface area contributed by atoms with Crippen LogP contribution in [-0.4, -0.2) is 45.1 Å². The van der Waals surface area contributed by atoms with E-state index in [0.717, 1.165) is 21.2 Å². The molecule has 2 amide bonds. The molecule has 2 atom stereocenters. The topological polar surface area (TPSA) is 131 Å². The minimum Gasteiger partial charge on any atom is -0.480 e. The number of carbonyl (C=O) groups is 3. The van der Waals surface area contributed by atoms with Crippen LogP contribution in [0.2, 0.25) is 0 Å². The Morgan fingerprint density at radius 2 is 1.62 bits per heavy atom. The van der Waals surface area contributed by atoms with E-state index in [9.17, 15) is 14.4 Å². The number of hydrogen-bond acceptors (Lipinski definition) is 6. The summed E-state index contributed by atoms with van der Waals surface area (Å²) in [4.78, 5) is 44.7. The molecule has 3 N–H and O–H groups in total. The molecule has 0 saturated heterocycles. The van der Waals surface area contributed by atoms with Gasteiger partial charge in [-0.05, 0) is 34.0 Å². The summed E-state index contributed by atoms with van der Waals surface area (Å²) in [6.07, 6.45) is 2.63. The van der Waals surface area contributed by atoms with E-state index in [1.807, 2.05) is 30.3 Å². The summed E-state index contributed by atoms with van der Waals surface area (Å²) in [7, 11) is 0. The molecule has 0 bridgehead atoms. The van der Waals surface area contributed by atoms with Crippen molar-refractivity contribution in [3.05, 3.63) is 82.6 Å². The van der Waals surface area contributed by atoms with Crippen molar-refractivity contribution in [1.29, 1.82) is 0 Å². The van der Waals surface area contributed by atoms with Gasteiger partial charge >= 0.3 is 12.1 Å². The fraction of sp³-hybridized carbons (Fsp3) is 0.208. The Labute approximate surface area is 204 Å². The van der Waals surface area contributed by atoms with Crippen molar-refractivity contribution in [3.63, 3.8) is 0 Å². The summed E-state index contributed by atoms with van der Waals surface area (Å²) in [5.74, 6) is -1.27. The maximum Gasteiger partial charge on any atom is 0.408 e. The van der Waals surface area contributed by atoms with Gasteiger partial charge < -0.3 is 20.5 Å². The summed E-state index contributed by atoms with van der Waals surface area (Å²) in [5, 5.41) is 14.0. The Morgan fingerprint density at radius 3 is 2.24 bits per heavy atom. The Balaban J connectivity index is 1.69. The van der Waals surface area contributed by atoms with E-state index in [0.29, 0.717) is 5.82 Å². The lowest BCUT2D eigenvalue weighted by molar-refractivity contribution is -0.141. The molecule has 0 radical (unpaired) electrons. The molecule has 1 heterocycles. The van der Waals surface area contributed by atoms with Crippen LogP contribution in [0.3, 0.4) is 0 Å². The number of carboxylic acid groups (broad SMARTS) is 1. The van der Waals surface area contributed by atoms with E-state index < -0.39 is 30.1 Å². The fourth-order valence-corrected chi connectivity index (χ4v) is 3.18. The van der Waals surface area contributed by atoms with Crippen LogP contribution in [0.4, 0.5) is 4.79 Å². The van der Waals surface area contributed by atoms with Gasteiger partial charge in [0.15, 0.2) is 5.82 Å². The molecule has 0 spiro atoms. The molecule has 0 aliphatic carbocycles. The molecule has 1 aromatic heterocycles. The zero-order valence-corrected chi connectivity index (χ0v) is 19.9. The summed E-state index contributed by atoms with van der Waals surface area (Å²) >= 11 is 3.30. The van der Waals surface area contributed by atoms with Crippen LogP contribution in [0.5, 0.6) is 0 Å². The number of benzene rings is 2. The first kappa shape index (κ1) is 24.8. The number of halogens is 1. The highest BCUT2D eigenvalue weighted by Gasteiger charge is 2.25. The molecule has 34 heavy (non-hydrogen) atoms. The van der Waals surface area contributed by atoms with Gasteiger partial charge in [0, 0.05) is 24.4 Å². The van der Waals surface area contributed by atoms with Crippen LogP contribution in [-0.2, 0) is 27.4 Å². The Hall–Kier alpha value is -3.79. The largest absolute Gasteiger partial charge is 0.480 e. The number of nitrogens with zero attached hydrogens (tertiary/aromatic N) is 2. The number of carboxylic acids is 1. The van der Waals surface area contributed by atoms with E-state index in [4.69, 9.17) is 9.84 Å². The smallest absolute Gasteiger partial charge is 0.408 e. The van der Waals surface area contributed by atoms with Gasteiger partial charge in [0.25, 0.3) is 0 Å². The van der Waals surface area contributed by atoms with Crippen molar-refractivity contribution >= 4 is 33.9 Å². The lowest BCUT2D eigenvalue weighted by atomic mass is 10.0. The number of hydrogen-bond donors (Lipinski definition) is 3. The molecular weight excluding hydrogens is 504 g/mol. The molecule has 3 aromatic rings. The van der Waals surface area contributed by atoms with Crippen LogP contribution in [0.15, 0.2) is 71.5 Å². The summed E-state index contributed by atoms with van der Waals surface area (Å²) < 4.78 is 5.98. The second-order valence-electron chi connectivity index (χ2n) is 7.45. The highest BCUT2D eigenvalue weighted by atomic mass is 79.9. The Morgan fingerprint density at radius 1 is 0.971 bits per heavy atom. The number of carbonyl (C=O) groups excluding carboxylic acids is 2. The molecule has 0 unspecified atom stereocenters. The fourth-order valence-electron chi connectivity index (χ4n) is 2.98. The number of nitrogens with one attached hydrogen (secondary N) is 2. The van der Waals surface area contributed by atoms with E-state index in [2.05, 4.69) is 36.5 Å². The third-order valence-corrected chi connectivity index (χ3v) is 5.23. The predicted octanol–water partition coefficient (Wildman–Crippen LogP) is 3.33. The van der Waals surface area contributed by atoms with Crippen molar-refractivity contribution in [1.82, 2.24) is 20.6 Å². The molecule has 3 rings (SSSR count). The van der Waals surface area contributed by atoms with Gasteiger partial charge in [-0.15, -0.1) is 0 Å². The normalized spacial score (nSPS) is 12.3. The van der Waals surface area contributed by atoms with Gasteiger partial charge in [-0.1, -0.05) is 54.6 Å². The van der Waals surface area contributed by atoms with Gasteiger partial charge in [0.2, 0.25) is 5.91 Å². The van der Waals surface area contributed by atoms with Crippen molar-refractivity contribution in [3.8, 4) is 11.4 Å². The van der Waals surface area contributed by atoms with Gasteiger partial charge in [-0.3, -0.25) is 9.59 Å². The van der Waals surface area contributed by atoms with Crippen molar-refractivity contribution in [2.45, 2.75) is 32.0 Å². The van der Waals surface area contributed by atoms with Crippen molar-refractivity contribution < 1.29 is 24.2 Å². The van der Waals surface area contributed by atoms with Crippen LogP contribution >= 0.6 is 15.9 Å². The summed E-state index contributed by atoms with van der Waals surface area (Å²) in [6.45, 7) is 1.38. The maximum atomic E-state index is 12.7. The van der Waals surface area contributed by atoms with E-state index in [1.54, 1.807) is 36.7 Å². The Kier molecular flexibility index (Phi) is 8.69. The molecule has 10 heteroatoms. The van der Waals surface area contributed by atoms with Gasteiger partial charge in [-0.2, -0.15) is 0 Å². The average molecular weight is 527 g/mol. The van der Waals surface area contributed by atoms with Crippen molar-refractivity contribution in [2.75, 3.05) is 0 Å². The highest BCUT2D eigenvalue weighted by molar-refractivity contribution is 9.10. The number of alkyl carbamates (subject to hydrolysis) is 1. The SMILES string of the molecule is C[C@@H](NC(=O)[C@H](Cc1ccc(-c2ncc(Br)cn2)cc1)NC(=O)OCc1ccccc1)C(=O)O. The molecule has 0 aliphatic heterocycles. The monoisotopic (exact) mass is 526 g/mol. The molecular formula is C24H23BrN4O5. The summed E-state index contributed by atoms with van der Waals surface area (Å²) in [5.41, 5.74) is 2.32. The number of aliphatic carboxylic acids is 1. The molecule has 176 valence electrons. The molecule has 2 aromatic carbocycles. The molecule has 0 saturated carbocycles. The molecule has 9 nitrogen and oxygen atoms in total. The maximum absolute atomic E-state index is 12.7. The minimum absolute atomic E-state index is 0.0361. The minimum atomic E-state index is -1.18. The predicted molar refractivity (Wildman–Crippen MR) is 128 cm³/mol. The van der Waals surface area contributed by atoms with Crippen LogP contribution in [0.25, 0.3) is 11.4 Å². The number of rotatable bonds is 9. The second kappa shape index (κ2) is 11.9. The summed E-state index contributed by atoms with van der Waals surface area (Å²) in [6, 6.07) is 14.1.